The number of hydrogen-bond acceptors (Lipinski definition) is 3. The first-order valence-corrected chi connectivity index (χ1v) is 8.54. The summed E-state index contributed by atoms with van der Waals surface area (Å²) in [6.45, 7) is 1.12. The fourth-order valence-corrected chi connectivity index (χ4v) is 4.49. The zero-order valence-corrected chi connectivity index (χ0v) is 12.2. The molecule has 3 heteroatoms. The van der Waals surface area contributed by atoms with Gasteiger partial charge in [0.05, 0.1) is 0 Å². The number of phenolic OH excluding ortho intramolecular Hbond substituents is 1. The van der Waals surface area contributed by atoms with E-state index in [0.717, 1.165) is 18.2 Å². The van der Waals surface area contributed by atoms with E-state index in [9.17, 15) is 5.11 Å². The Kier molecular flexibility index (Phi) is 4.34. The van der Waals surface area contributed by atoms with Crippen LogP contribution in [-0.4, -0.2) is 22.7 Å². The van der Waals surface area contributed by atoms with Gasteiger partial charge in [0.15, 0.2) is 0 Å². The van der Waals surface area contributed by atoms with Crippen molar-refractivity contribution in [2.45, 2.75) is 49.8 Å². The van der Waals surface area contributed by atoms with Crippen LogP contribution in [0.1, 0.15) is 49.3 Å². The molecule has 1 saturated heterocycles. The third-order valence-corrected chi connectivity index (χ3v) is 5.71. The maximum absolute atomic E-state index is 9.69. The molecule has 2 atom stereocenters. The van der Waals surface area contributed by atoms with Crippen molar-refractivity contribution in [3.63, 3.8) is 0 Å². The van der Waals surface area contributed by atoms with Crippen LogP contribution in [0.5, 0.6) is 5.75 Å². The van der Waals surface area contributed by atoms with E-state index in [0.29, 0.717) is 11.8 Å². The molecule has 1 fully saturated rings. The molecule has 1 heterocycles. The summed E-state index contributed by atoms with van der Waals surface area (Å²) in [6, 6.07) is 6.31. The molecule has 104 valence electrons. The van der Waals surface area contributed by atoms with Crippen LogP contribution in [0, 0.1) is 0 Å². The van der Waals surface area contributed by atoms with E-state index in [2.05, 4.69) is 23.1 Å². The van der Waals surface area contributed by atoms with Gasteiger partial charge >= 0.3 is 0 Å². The van der Waals surface area contributed by atoms with E-state index in [4.69, 9.17) is 0 Å². The van der Waals surface area contributed by atoms with Gasteiger partial charge in [-0.15, -0.1) is 0 Å². The van der Waals surface area contributed by atoms with Crippen LogP contribution >= 0.6 is 11.8 Å². The molecule has 19 heavy (non-hydrogen) atoms. The van der Waals surface area contributed by atoms with Crippen molar-refractivity contribution < 1.29 is 5.11 Å². The highest BCUT2D eigenvalue weighted by Gasteiger charge is 2.22. The molecule has 0 spiro atoms. The van der Waals surface area contributed by atoms with Crippen molar-refractivity contribution in [3.05, 3.63) is 29.3 Å². The van der Waals surface area contributed by atoms with Crippen molar-refractivity contribution in [2.75, 3.05) is 12.3 Å². The van der Waals surface area contributed by atoms with Crippen LogP contribution in [0.2, 0.25) is 0 Å². The third kappa shape index (κ3) is 3.26. The van der Waals surface area contributed by atoms with E-state index in [1.54, 1.807) is 0 Å². The summed E-state index contributed by atoms with van der Waals surface area (Å²) in [6.07, 6.45) is 7.76. The largest absolute Gasteiger partial charge is 0.508 e. The molecule has 2 N–H and O–H groups in total. The quantitative estimate of drug-likeness (QED) is 0.884. The molecule has 3 rings (SSSR count). The Balaban J connectivity index is 1.64. The topological polar surface area (TPSA) is 32.3 Å². The minimum Gasteiger partial charge on any atom is -0.508 e. The average molecular weight is 277 g/mol. The van der Waals surface area contributed by atoms with E-state index in [1.165, 1.54) is 49.0 Å². The van der Waals surface area contributed by atoms with Gasteiger partial charge in [-0.05, 0) is 61.1 Å². The molecule has 0 bridgehead atoms. The second kappa shape index (κ2) is 6.19. The van der Waals surface area contributed by atoms with Gasteiger partial charge < -0.3 is 10.4 Å². The van der Waals surface area contributed by atoms with Crippen molar-refractivity contribution >= 4 is 11.8 Å². The number of phenols is 1. The SMILES string of the molecule is Oc1ccc2c(c1)C(NCC1CCCCS1)CCC2. The Hall–Kier alpha value is -0.670. The molecular formula is C16H23NOS. The summed E-state index contributed by atoms with van der Waals surface area (Å²) in [5, 5.41) is 14.2. The standard InChI is InChI=1S/C16H23NOS/c18-13-8-7-12-4-3-6-16(15(12)10-13)17-11-14-5-1-2-9-19-14/h7-8,10,14,16-18H,1-6,9,11H2. The van der Waals surface area contributed by atoms with Gasteiger partial charge in [0, 0.05) is 17.8 Å². The number of nitrogens with one attached hydrogen (secondary N) is 1. The van der Waals surface area contributed by atoms with Gasteiger partial charge in [-0.3, -0.25) is 0 Å². The Morgan fingerprint density at radius 1 is 1.21 bits per heavy atom. The first-order chi connectivity index (χ1) is 9.33. The monoisotopic (exact) mass is 277 g/mol. The van der Waals surface area contributed by atoms with Crippen molar-refractivity contribution in [1.82, 2.24) is 5.32 Å². The van der Waals surface area contributed by atoms with Gasteiger partial charge in [0.1, 0.15) is 5.75 Å². The maximum atomic E-state index is 9.69. The number of hydrogen-bond donors (Lipinski definition) is 2. The Morgan fingerprint density at radius 3 is 3.00 bits per heavy atom. The lowest BCUT2D eigenvalue weighted by Gasteiger charge is -2.29. The van der Waals surface area contributed by atoms with Crippen LogP contribution in [0.3, 0.4) is 0 Å². The molecular weight excluding hydrogens is 254 g/mol. The summed E-state index contributed by atoms with van der Waals surface area (Å²) >= 11 is 2.12. The minimum atomic E-state index is 0.402. The van der Waals surface area contributed by atoms with E-state index >= 15 is 0 Å². The van der Waals surface area contributed by atoms with Crippen LogP contribution in [0.25, 0.3) is 0 Å². The molecule has 0 saturated carbocycles. The molecule has 2 nitrogen and oxygen atoms in total. The second-order valence-electron chi connectivity index (χ2n) is 5.72. The minimum absolute atomic E-state index is 0.402. The van der Waals surface area contributed by atoms with Gasteiger partial charge in [-0.25, -0.2) is 0 Å². The lowest BCUT2D eigenvalue weighted by Crippen LogP contribution is -2.32. The molecule has 0 radical (unpaired) electrons. The summed E-state index contributed by atoms with van der Waals surface area (Å²) in [7, 11) is 0. The smallest absolute Gasteiger partial charge is 0.115 e. The fraction of sp³-hybridized carbons (Fsp3) is 0.625. The maximum Gasteiger partial charge on any atom is 0.115 e. The van der Waals surface area contributed by atoms with Crippen LogP contribution in [-0.2, 0) is 6.42 Å². The summed E-state index contributed by atoms with van der Waals surface area (Å²) in [4.78, 5) is 0. The highest BCUT2D eigenvalue weighted by molar-refractivity contribution is 7.99. The molecule has 2 unspecified atom stereocenters. The Labute approximate surface area is 120 Å². The molecule has 1 aromatic carbocycles. The lowest BCUT2D eigenvalue weighted by molar-refractivity contribution is 0.441. The normalized spacial score (nSPS) is 26.9. The lowest BCUT2D eigenvalue weighted by atomic mass is 9.87. The highest BCUT2D eigenvalue weighted by Crippen LogP contribution is 2.33. The number of thioether (sulfide) groups is 1. The predicted octanol–water partition coefficient (Wildman–Crippen LogP) is 3.64. The zero-order valence-electron chi connectivity index (χ0n) is 11.4. The number of rotatable bonds is 3. The predicted molar refractivity (Wildman–Crippen MR) is 81.9 cm³/mol. The molecule has 2 aliphatic rings. The Morgan fingerprint density at radius 2 is 2.16 bits per heavy atom. The van der Waals surface area contributed by atoms with Crippen molar-refractivity contribution in [2.24, 2.45) is 0 Å². The first kappa shape index (κ1) is 13.3. The number of benzene rings is 1. The molecule has 1 aromatic rings. The average Bonchev–Trinajstić information content (AvgIpc) is 2.46. The fourth-order valence-electron chi connectivity index (χ4n) is 3.24. The molecule has 1 aliphatic carbocycles. The van der Waals surface area contributed by atoms with Crippen LogP contribution in [0.15, 0.2) is 18.2 Å². The van der Waals surface area contributed by atoms with E-state index in [-0.39, 0.29) is 0 Å². The van der Waals surface area contributed by atoms with E-state index < -0.39 is 0 Å². The van der Waals surface area contributed by atoms with Gasteiger partial charge in [-0.2, -0.15) is 11.8 Å². The molecule has 0 aromatic heterocycles. The first-order valence-electron chi connectivity index (χ1n) is 7.50. The van der Waals surface area contributed by atoms with Gasteiger partial charge in [0.2, 0.25) is 0 Å². The van der Waals surface area contributed by atoms with Gasteiger partial charge in [0.25, 0.3) is 0 Å². The van der Waals surface area contributed by atoms with Crippen LogP contribution in [0.4, 0.5) is 0 Å². The Bertz CT molecular complexity index is 429. The van der Waals surface area contributed by atoms with E-state index in [1.807, 2.05) is 12.1 Å². The number of fused-ring (bicyclic) bond motifs is 1. The number of aryl methyl sites for hydroxylation is 1. The van der Waals surface area contributed by atoms with Gasteiger partial charge in [-0.1, -0.05) is 12.5 Å². The molecule has 0 amide bonds. The summed E-state index contributed by atoms with van der Waals surface area (Å²) in [5.74, 6) is 1.73. The highest BCUT2D eigenvalue weighted by atomic mass is 32.2. The number of aromatic hydroxyl groups is 1. The third-order valence-electron chi connectivity index (χ3n) is 4.31. The van der Waals surface area contributed by atoms with Crippen LogP contribution < -0.4 is 5.32 Å². The second-order valence-corrected chi connectivity index (χ2v) is 7.13. The van der Waals surface area contributed by atoms with Crippen molar-refractivity contribution in [1.29, 1.82) is 0 Å². The summed E-state index contributed by atoms with van der Waals surface area (Å²) in [5.41, 5.74) is 2.74. The van der Waals surface area contributed by atoms with Crippen molar-refractivity contribution in [3.8, 4) is 5.75 Å². The molecule has 1 aliphatic heterocycles. The zero-order chi connectivity index (χ0) is 13.1. The summed E-state index contributed by atoms with van der Waals surface area (Å²) < 4.78 is 0.